The molecule has 1 amide bonds. The number of hydrogen-bond donors (Lipinski definition) is 2. The number of benzene rings is 2. The first kappa shape index (κ1) is 23.7. The van der Waals surface area contributed by atoms with Crippen LogP contribution in [-0.4, -0.2) is 41.2 Å². The number of fused-ring (bicyclic) bond motifs is 2. The van der Waals surface area contributed by atoms with Crippen molar-refractivity contribution in [3.05, 3.63) is 83.4 Å². The van der Waals surface area contributed by atoms with Crippen molar-refractivity contribution < 1.29 is 23.8 Å². The molecule has 8 heteroatoms. The fourth-order valence-corrected chi connectivity index (χ4v) is 4.34. The summed E-state index contributed by atoms with van der Waals surface area (Å²) in [6.07, 6.45) is 1.66. The molecule has 0 fully saturated rings. The summed E-state index contributed by atoms with van der Waals surface area (Å²) in [7, 11) is 1.53. The van der Waals surface area contributed by atoms with E-state index in [9.17, 15) is 14.3 Å². The van der Waals surface area contributed by atoms with Crippen LogP contribution < -0.4 is 14.8 Å². The lowest BCUT2D eigenvalue weighted by Gasteiger charge is -2.25. The highest BCUT2D eigenvalue weighted by molar-refractivity contribution is 5.99. The van der Waals surface area contributed by atoms with E-state index in [2.05, 4.69) is 10.3 Å². The molecule has 0 radical (unpaired) electrons. The van der Waals surface area contributed by atoms with Crippen LogP contribution in [0, 0.1) is 5.82 Å². The van der Waals surface area contributed by atoms with Crippen LogP contribution in [0.5, 0.6) is 11.5 Å². The molecule has 36 heavy (non-hydrogen) atoms. The summed E-state index contributed by atoms with van der Waals surface area (Å²) in [5.74, 6) is 0.510. The Morgan fingerprint density at radius 1 is 1.25 bits per heavy atom. The van der Waals surface area contributed by atoms with Crippen molar-refractivity contribution in [2.24, 2.45) is 0 Å². The van der Waals surface area contributed by atoms with Crippen LogP contribution in [0.3, 0.4) is 0 Å². The van der Waals surface area contributed by atoms with Crippen LogP contribution in [0.4, 0.5) is 4.39 Å². The van der Waals surface area contributed by atoms with E-state index in [1.165, 1.54) is 19.2 Å². The number of rotatable bonds is 6. The molecular formula is C28H26FN3O4. The quantitative estimate of drug-likeness (QED) is 0.414. The molecule has 2 aromatic heterocycles. The number of nitrogens with one attached hydrogen (secondary N) is 1. The maximum Gasteiger partial charge on any atom is 0.251 e. The summed E-state index contributed by atoms with van der Waals surface area (Å²) >= 11 is 0. The fraction of sp³-hybridized carbons (Fsp3) is 0.250. The number of ether oxygens (including phenoxy) is 2. The monoisotopic (exact) mass is 487 g/mol. The van der Waals surface area contributed by atoms with E-state index >= 15 is 0 Å². The normalized spacial score (nSPS) is 16.2. The van der Waals surface area contributed by atoms with Crippen molar-refractivity contribution in [2.45, 2.75) is 25.4 Å². The van der Waals surface area contributed by atoms with E-state index in [0.29, 0.717) is 46.1 Å². The van der Waals surface area contributed by atoms with Gasteiger partial charge in [0.1, 0.15) is 34.1 Å². The highest BCUT2D eigenvalue weighted by atomic mass is 19.1. The second-order valence-electron chi connectivity index (χ2n) is 9.20. The number of nitrogens with zero attached hydrogens (tertiary/aromatic N) is 2. The second-order valence-corrected chi connectivity index (χ2v) is 9.20. The van der Waals surface area contributed by atoms with Crippen molar-refractivity contribution in [3.63, 3.8) is 0 Å². The lowest BCUT2D eigenvalue weighted by Crippen LogP contribution is -2.39. The Morgan fingerprint density at radius 2 is 2.03 bits per heavy atom. The number of methoxy groups -OCH3 is 1. The SMILES string of the molecule is COc1cc(C(=O)NCC(C)(O)c2cc3c(c(-c4ccc(F)cc4)n2)OC[C@H]3C)cc2cccnc12. The van der Waals surface area contributed by atoms with E-state index in [-0.39, 0.29) is 24.2 Å². The summed E-state index contributed by atoms with van der Waals surface area (Å²) in [4.78, 5) is 22.0. The Kier molecular flexibility index (Phi) is 6.05. The van der Waals surface area contributed by atoms with Gasteiger partial charge in [0.25, 0.3) is 5.91 Å². The minimum Gasteiger partial charge on any atom is -0.494 e. The van der Waals surface area contributed by atoms with Crippen LogP contribution in [-0.2, 0) is 5.60 Å². The first-order valence-electron chi connectivity index (χ1n) is 11.6. The van der Waals surface area contributed by atoms with Gasteiger partial charge in [0, 0.05) is 34.2 Å². The summed E-state index contributed by atoms with van der Waals surface area (Å²) in [5, 5.41) is 15.0. The molecule has 1 unspecified atom stereocenters. The Bertz CT molecular complexity index is 1450. The molecule has 0 spiro atoms. The van der Waals surface area contributed by atoms with Gasteiger partial charge < -0.3 is 19.9 Å². The number of pyridine rings is 2. The molecule has 2 aromatic carbocycles. The molecule has 3 heterocycles. The van der Waals surface area contributed by atoms with Crippen LogP contribution in [0.1, 0.15) is 41.4 Å². The van der Waals surface area contributed by atoms with Gasteiger partial charge in [-0.1, -0.05) is 13.0 Å². The maximum absolute atomic E-state index is 13.5. The molecule has 7 nitrogen and oxygen atoms in total. The third-order valence-corrected chi connectivity index (χ3v) is 6.42. The molecule has 4 aromatic rings. The predicted molar refractivity (Wildman–Crippen MR) is 134 cm³/mol. The summed E-state index contributed by atoms with van der Waals surface area (Å²) in [5.41, 5.74) is 2.08. The van der Waals surface area contributed by atoms with E-state index < -0.39 is 5.60 Å². The summed E-state index contributed by atoms with van der Waals surface area (Å²) in [6.45, 7) is 4.04. The number of carbonyl (C=O) groups is 1. The van der Waals surface area contributed by atoms with E-state index in [1.807, 2.05) is 19.1 Å². The van der Waals surface area contributed by atoms with Crippen LogP contribution in [0.25, 0.3) is 22.2 Å². The Labute approximate surface area is 207 Å². The van der Waals surface area contributed by atoms with Crippen molar-refractivity contribution >= 4 is 16.8 Å². The van der Waals surface area contributed by atoms with Gasteiger partial charge in [-0.25, -0.2) is 9.37 Å². The lowest BCUT2D eigenvalue weighted by atomic mass is 9.94. The predicted octanol–water partition coefficient (Wildman–Crippen LogP) is 4.58. The van der Waals surface area contributed by atoms with Crippen LogP contribution in [0.2, 0.25) is 0 Å². The molecule has 5 rings (SSSR count). The lowest BCUT2D eigenvalue weighted by molar-refractivity contribution is 0.0489. The highest BCUT2D eigenvalue weighted by Gasteiger charge is 2.32. The Hall–Kier alpha value is -4.04. The zero-order valence-corrected chi connectivity index (χ0v) is 20.2. The van der Waals surface area contributed by atoms with E-state index in [4.69, 9.17) is 14.5 Å². The van der Waals surface area contributed by atoms with Crippen molar-refractivity contribution in [1.82, 2.24) is 15.3 Å². The second kappa shape index (κ2) is 9.20. The minimum absolute atomic E-state index is 0.0802. The number of halogens is 1. The fourth-order valence-electron chi connectivity index (χ4n) is 4.34. The molecule has 0 bridgehead atoms. The Balaban J connectivity index is 1.44. The number of aromatic nitrogens is 2. The van der Waals surface area contributed by atoms with Crippen LogP contribution >= 0.6 is 0 Å². The third kappa shape index (κ3) is 4.35. The molecular weight excluding hydrogens is 461 g/mol. The number of carbonyl (C=O) groups excluding carboxylic acids is 1. The van der Waals surface area contributed by atoms with Gasteiger partial charge in [0.05, 0.1) is 26.0 Å². The smallest absolute Gasteiger partial charge is 0.251 e. The number of aliphatic hydroxyl groups is 1. The van der Waals surface area contributed by atoms with Crippen molar-refractivity contribution in [3.8, 4) is 22.8 Å². The molecule has 0 saturated heterocycles. The number of amides is 1. The van der Waals surface area contributed by atoms with Gasteiger partial charge in [0.2, 0.25) is 0 Å². The molecule has 2 N–H and O–H groups in total. The molecule has 1 aliphatic heterocycles. The zero-order chi connectivity index (χ0) is 25.4. The van der Waals surface area contributed by atoms with Gasteiger partial charge in [-0.3, -0.25) is 9.78 Å². The Morgan fingerprint density at radius 3 is 2.78 bits per heavy atom. The minimum atomic E-state index is -1.48. The van der Waals surface area contributed by atoms with Crippen molar-refractivity contribution in [2.75, 3.05) is 20.3 Å². The third-order valence-electron chi connectivity index (χ3n) is 6.42. The summed E-state index contributed by atoms with van der Waals surface area (Å²) in [6, 6.07) is 14.8. The largest absolute Gasteiger partial charge is 0.494 e. The van der Waals surface area contributed by atoms with Gasteiger partial charge >= 0.3 is 0 Å². The molecule has 1 aliphatic rings. The van der Waals surface area contributed by atoms with E-state index in [1.54, 1.807) is 43.5 Å². The van der Waals surface area contributed by atoms with Crippen molar-refractivity contribution in [1.29, 1.82) is 0 Å². The molecule has 2 atom stereocenters. The standard InChI is InChI=1S/C28H26FN3O4/c1-16-14-36-26-21(16)13-23(32-25(26)17-6-8-20(29)9-7-17)28(2,34)15-31-27(33)19-11-18-5-4-10-30-24(18)22(12-19)35-3/h4-13,16,34H,14-15H2,1-3H3,(H,31,33)/t16-,28?/m1/s1. The first-order chi connectivity index (χ1) is 17.3. The topological polar surface area (TPSA) is 93.6 Å². The molecule has 0 saturated carbocycles. The van der Waals surface area contributed by atoms with Crippen LogP contribution in [0.15, 0.2) is 60.8 Å². The van der Waals surface area contributed by atoms with Gasteiger partial charge in [-0.15, -0.1) is 0 Å². The highest BCUT2D eigenvalue weighted by Crippen LogP contribution is 2.42. The molecule has 0 aliphatic carbocycles. The first-order valence-corrected chi connectivity index (χ1v) is 11.6. The van der Waals surface area contributed by atoms with Gasteiger partial charge in [0.15, 0.2) is 0 Å². The average Bonchev–Trinajstić information content (AvgIpc) is 3.27. The summed E-state index contributed by atoms with van der Waals surface area (Å²) < 4.78 is 24.8. The zero-order valence-electron chi connectivity index (χ0n) is 20.2. The maximum atomic E-state index is 13.5. The molecule has 184 valence electrons. The van der Waals surface area contributed by atoms with Gasteiger partial charge in [-0.2, -0.15) is 0 Å². The number of hydrogen-bond acceptors (Lipinski definition) is 6. The van der Waals surface area contributed by atoms with E-state index in [0.717, 1.165) is 10.9 Å². The van der Waals surface area contributed by atoms with Gasteiger partial charge in [-0.05, 0) is 55.5 Å². The average molecular weight is 488 g/mol.